The van der Waals surface area contributed by atoms with Crippen molar-refractivity contribution >= 4 is 32.9 Å². The second kappa shape index (κ2) is 3.96. The molecule has 0 bridgehead atoms. The van der Waals surface area contributed by atoms with Crippen LogP contribution in [0.15, 0.2) is 30.5 Å². The van der Waals surface area contributed by atoms with Crippen LogP contribution < -0.4 is 0 Å². The summed E-state index contributed by atoms with van der Waals surface area (Å²) >= 11 is 3.50. The minimum atomic E-state index is 0.859. The minimum absolute atomic E-state index is 0.859. The Morgan fingerprint density at radius 1 is 1.12 bits per heavy atom. The van der Waals surface area contributed by atoms with Crippen molar-refractivity contribution in [2.45, 2.75) is 13.3 Å². The predicted octanol–water partition coefficient (Wildman–Crippen LogP) is 3.65. The average Bonchev–Trinajstić information content (AvgIpc) is 2.84. The van der Waals surface area contributed by atoms with Crippen molar-refractivity contribution in [3.05, 3.63) is 45.4 Å². The van der Waals surface area contributed by atoms with Crippen molar-refractivity contribution in [3.8, 4) is 0 Å². The first-order valence-corrected chi connectivity index (χ1v) is 6.70. The molecule has 1 aromatic carbocycles. The van der Waals surface area contributed by atoms with Gasteiger partial charge in [0.05, 0.1) is 21.6 Å². The van der Waals surface area contributed by atoms with Gasteiger partial charge in [-0.2, -0.15) is 0 Å². The summed E-state index contributed by atoms with van der Waals surface area (Å²) in [5.74, 6) is 0. The van der Waals surface area contributed by atoms with Crippen LogP contribution in [0.1, 0.15) is 14.9 Å². The zero-order valence-electron chi connectivity index (χ0n) is 8.80. The molecule has 0 radical (unpaired) electrons. The molecule has 0 spiro atoms. The molecule has 0 aliphatic rings. The molecule has 0 saturated heterocycles. The topological polar surface area (TPSA) is 25.8 Å². The van der Waals surface area contributed by atoms with Gasteiger partial charge < -0.3 is 0 Å². The van der Waals surface area contributed by atoms with Gasteiger partial charge in [-0.05, 0) is 19.1 Å². The number of hydrogen-bond acceptors (Lipinski definition) is 4. The van der Waals surface area contributed by atoms with Gasteiger partial charge in [-0.15, -0.1) is 22.7 Å². The van der Waals surface area contributed by atoms with Gasteiger partial charge in [0.1, 0.15) is 5.01 Å². The summed E-state index contributed by atoms with van der Waals surface area (Å²) in [6, 6.07) is 8.25. The van der Waals surface area contributed by atoms with Gasteiger partial charge in [-0.25, -0.2) is 9.97 Å². The Kier molecular flexibility index (Phi) is 2.46. The molecule has 3 rings (SSSR count). The average molecular weight is 246 g/mol. The molecule has 4 heteroatoms. The number of hydrogen-bond donors (Lipinski definition) is 0. The summed E-state index contributed by atoms with van der Waals surface area (Å²) in [7, 11) is 0. The summed E-state index contributed by atoms with van der Waals surface area (Å²) in [5, 5.41) is 2.30. The van der Waals surface area contributed by atoms with Gasteiger partial charge in [-0.1, -0.05) is 12.1 Å². The SMILES string of the molecule is Cc1cnc(Cc2nc3ccccc3s2)s1. The third-order valence-corrected chi connectivity index (χ3v) is 4.26. The quantitative estimate of drug-likeness (QED) is 0.689. The van der Waals surface area contributed by atoms with Crippen molar-refractivity contribution in [2.24, 2.45) is 0 Å². The molecule has 2 aromatic heterocycles. The normalized spacial score (nSPS) is 11.1. The zero-order chi connectivity index (χ0) is 11.0. The predicted molar refractivity (Wildman–Crippen MR) is 69.3 cm³/mol. The molecule has 3 aromatic rings. The van der Waals surface area contributed by atoms with Crippen LogP contribution in [0.2, 0.25) is 0 Å². The molecule has 80 valence electrons. The van der Waals surface area contributed by atoms with Crippen LogP contribution in [-0.2, 0) is 6.42 Å². The molecular formula is C12H10N2S2. The second-order valence-electron chi connectivity index (χ2n) is 3.62. The Hall–Kier alpha value is -1.26. The van der Waals surface area contributed by atoms with E-state index in [2.05, 4.69) is 35.1 Å². The molecule has 0 aliphatic heterocycles. The van der Waals surface area contributed by atoms with Gasteiger partial charge in [0.2, 0.25) is 0 Å². The first-order chi connectivity index (χ1) is 7.81. The lowest BCUT2D eigenvalue weighted by Crippen LogP contribution is -1.84. The minimum Gasteiger partial charge on any atom is -0.249 e. The molecule has 2 nitrogen and oxygen atoms in total. The number of benzene rings is 1. The van der Waals surface area contributed by atoms with Crippen molar-refractivity contribution in [3.63, 3.8) is 0 Å². The summed E-state index contributed by atoms with van der Waals surface area (Å²) in [5.41, 5.74) is 1.09. The first kappa shape index (κ1) is 9.93. The maximum Gasteiger partial charge on any atom is 0.101 e. The number of nitrogens with zero attached hydrogens (tertiary/aromatic N) is 2. The zero-order valence-corrected chi connectivity index (χ0v) is 10.4. The van der Waals surface area contributed by atoms with E-state index in [1.54, 1.807) is 22.7 Å². The Morgan fingerprint density at radius 2 is 2.00 bits per heavy atom. The fourth-order valence-corrected chi connectivity index (χ4v) is 3.46. The standard InChI is InChI=1S/C12H10N2S2/c1-8-7-13-11(15-8)6-12-14-9-4-2-3-5-10(9)16-12/h2-5,7H,6H2,1H3. The second-order valence-corrected chi connectivity index (χ2v) is 6.05. The number of thiazole rings is 2. The third kappa shape index (κ3) is 1.86. The van der Waals surface area contributed by atoms with Crippen LogP contribution in [0.3, 0.4) is 0 Å². The number of aromatic nitrogens is 2. The van der Waals surface area contributed by atoms with Gasteiger partial charge in [0, 0.05) is 11.1 Å². The monoisotopic (exact) mass is 246 g/mol. The number of para-hydroxylation sites is 1. The molecule has 0 atom stereocenters. The van der Waals surface area contributed by atoms with E-state index in [-0.39, 0.29) is 0 Å². The molecular weight excluding hydrogens is 236 g/mol. The van der Waals surface area contributed by atoms with Crippen LogP contribution >= 0.6 is 22.7 Å². The van der Waals surface area contributed by atoms with Crippen LogP contribution in [0.25, 0.3) is 10.2 Å². The molecule has 0 fully saturated rings. The van der Waals surface area contributed by atoms with Crippen molar-refractivity contribution in [1.82, 2.24) is 9.97 Å². The van der Waals surface area contributed by atoms with Crippen molar-refractivity contribution in [2.75, 3.05) is 0 Å². The van der Waals surface area contributed by atoms with Gasteiger partial charge in [-0.3, -0.25) is 0 Å². The van der Waals surface area contributed by atoms with E-state index in [1.807, 2.05) is 12.3 Å². The Labute approximate surface area is 102 Å². The van der Waals surface area contributed by atoms with Gasteiger partial charge in [0.15, 0.2) is 0 Å². The van der Waals surface area contributed by atoms with E-state index in [9.17, 15) is 0 Å². The summed E-state index contributed by atoms with van der Waals surface area (Å²) in [6.07, 6.45) is 2.78. The molecule has 2 heterocycles. The largest absolute Gasteiger partial charge is 0.249 e. The molecule has 0 unspecified atom stereocenters. The Balaban J connectivity index is 1.95. The van der Waals surface area contributed by atoms with Crippen LogP contribution in [-0.4, -0.2) is 9.97 Å². The Bertz CT molecular complexity index is 592. The molecule has 16 heavy (non-hydrogen) atoms. The van der Waals surface area contributed by atoms with Crippen molar-refractivity contribution in [1.29, 1.82) is 0 Å². The molecule has 0 amide bonds. The number of aryl methyl sites for hydroxylation is 1. The van der Waals surface area contributed by atoms with Crippen LogP contribution in [0, 0.1) is 6.92 Å². The lowest BCUT2D eigenvalue weighted by molar-refractivity contribution is 1.11. The Morgan fingerprint density at radius 3 is 2.75 bits per heavy atom. The van der Waals surface area contributed by atoms with Crippen molar-refractivity contribution < 1.29 is 0 Å². The first-order valence-electron chi connectivity index (χ1n) is 5.07. The van der Waals surface area contributed by atoms with Crippen LogP contribution in [0.4, 0.5) is 0 Å². The fourth-order valence-electron chi connectivity index (χ4n) is 1.61. The van der Waals surface area contributed by atoms with Gasteiger partial charge >= 0.3 is 0 Å². The summed E-state index contributed by atoms with van der Waals surface area (Å²) < 4.78 is 1.26. The van der Waals surface area contributed by atoms with E-state index in [1.165, 1.54) is 9.58 Å². The summed E-state index contributed by atoms with van der Waals surface area (Å²) in [4.78, 5) is 10.2. The highest BCUT2D eigenvalue weighted by Gasteiger charge is 2.06. The van der Waals surface area contributed by atoms with Gasteiger partial charge in [0.25, 0.3) is 0 Å². The van der Waals surface area contributed by atoms with E-state index in [0.717, 1.165) is 22.0 Å². The maximum absolute atomic E-state index is 4.60. The van der Waals surface area contributed by atoms with E-state index in [0.29, 0.717) is 0 Å². The number of fused-ring (bicyclic) bond motifs is 1. The lowest BCUT2D eigenvalue weighted by Gasteiger charge is -1.88. The van der Waals surface area contributed by atoms with E-state index < -0.39 is 0 Å². The molecule has 0 saturated carbocycles. The van der Waals surface area contributed by atoms with E-state index >= 15 is 0 Å². The lowest BCUT2D eigenvalue weighted by atomic mass is 10.3. The number of rotatable bonds is 2. The van der Waals surface area contributed by atoms with E-state index in [4.69, 9.17) is 0 Å². The summed E-state index contributed by atoms with van der Waals surface area (Å²) in [6.45, 7) is 2.08. The maximum atomic E-state index is 4.60. The highest BCUT2D eigenvalue weighted by molar-refractivity contribution is 7.18. The molecule has 0 aliphatic carbocycles. The highest BCUT2D eigenvalue weighted by Crippen LogP contribution is 2.24. The smallest absolute Gasteiger partial charge is 0.101 e. The molecule has 0 N–H and O–H groups in total. The fraction of sp³-hybridized carbons (Fsp3) is 0.167. The van der Waals surface area contributed by atoms with Crippen LogP contribution in [0.5, 0.6) is 0 Å². The highest BCUT2D eigenvalue weighted by atomic mass is 32.1. The third-order valence-electron chi connectivity index (χ3n) is 2.31.